The number of carbonyl (C=O) groups is 1. The number of nitrogens with one attached hydrogen (secondary N) is 1. The van der Waals surface area contributed by atoms with Crippen LogP contribution in [0.15, 0.2) is 60.7 Å². The van der Waals surface area contributed by atoms with Gasteiger partial charge in [0.2, 0.25) is 0 Å². The zero-order chi connectivity index (χ0) is 21.3. The van der Waals surface area contributed by atoms with E-state index in [4.69, 9.17) is 4.74 Å². The van der Waals surface area contributed by atoms with Crippen molar-refractivity contribution in [1.82, 2.24) is 4.57 Å². The number of carbonyl (C=O) groups excluding carboxylic acids is 1. The molecule has 1 heterocycles. The lowest BCUT2D eigenvalue weighted by Crippen LogP contribution is -2.32. The van der Waals surface area contributed by atoms with Crippen molar-refractivity contribution in [1.29, 1.82) is 0 Å². The van der Waals surface area contributed by atoms with E-state index in [1.54, 1.807) is 0 Å². The number of aromatic nitrogens is 1. The summed E-state index contributed by atoms with van der Waals surface area (Å²) in [6.07, 6.45) is 0.0508. The predicted octanol–water partition coefficient (Wildman–Crippen LogP) is 6.23. The van der Waals surface area contributed by atoms with Gasteiger partial charge < -0.3 is 14.6 Å². The molecule has 0 fully saturated rings. The second-order valence-corrected chi connectivity index (χ2v) is 7.82. The van der Waals surface area contributed by atoms with Crippen LogP contribution in [0.25, 0.3) is 21.8 Å². The molecule has 0 aliphatic heterocycles. The molecule has 1 amide bonds. The zero-order valence-corrected chi connectivity index (χ0v) is 18.0. The Bertz CT molecular complexity index is 1200. The van der Waals surface area contributed by atoms with Crippen molar-refractivity contribution >= 4 is 33.4 Å². The first-order valence-electron chi connectivity index (χ1n) is 10.6. The molecule has 0 bridgehead atoms. The molecule has 0 spiro atoms. The van der Waals surface area contributed by atoms with Crippen LogP contribution in [0.3, 0.4) is 0 Å². The molecule has 4 nitrogen and oxygen atoms in total. The van der Waals surface area contributed by atoms with E-state index in [9.17, 15) is 4.79 Å². The lowest BCUT2D eigenvalue weighted by atomic mass is 10.1. The second-order valence-electron chi connectivity index (χ2n) is 7.82. The molecule has 0 aliphatic rings. The SMILES string of the molecule is CC[C@@H](Oc1cc(C)cc(C)c1)C(=O)Nc1ccc2c(c1)c1ccccc1n2CC. The molecule has 0 saturated carbocycles. The maximum Gasteiger partial charge on any atom is 0.265 e. The molecular formula is C26H28N2O2. The minimum Gasteiger partial charge on any atom is -0.481 e. The van der Waals surface area contributed by atoms with Crippen molar-refractivity contribution in [2.75, 3.05) is 5.32 Å². The maximum atomic E-state index is 12.9. The highest BCUT2D eigenvalue weighted by Crippen LogP contribution is 2.31. The summed E-state index contributed by atoms with van der Waals surface area (Å²) in [5.74, 6) is 0.603. The molecule has 0 radical (unpaired) electrons. The smallest absolute Gasteiger partial charge is 0.265 e. The highest BCUT2D eigenvalue weighted by molar-refractivity contribution is 6.10. The molecule has 3 aromatic carbocycles. The summed E-state index contributed by atoms with van der Waals surface area (Å²) >= 11 is 0. The van der Waals surface area contributed by atoms with Gasteiger partial charge in [-0.25, -0.2) is 0 Å². The van der Waals surface area contributed by atoms with Gasteiger partial charge >= 0.3 is 0 Å². The number of amides is 1. The number of nitrogens with zero attached hydrogens (tertiary/aromatic N) is 1. The number of fused-ring (bicyclic) bond motifs is 3. The number of rotatable bonds is 6. The Labute approximate surface area is 177 Å². The van der Waals surface area contributed by atoms with Gasteiger partial charge in [-0.1, -0.05) is 31.2 Å². The Kier molecular flexibility index (Phi) is 5.49. The molecule has 154 valence electrons. The molecular weight excluding hydrogens is 372 g/mol. The third-order valence-electron chi connectivity index (χ3n) is 5.49. The van der Waals surface area contributed by atoms with Crippen molar-refractivity contribution < 1.29 is 9.53 Å². The van der Waals surface area contributed by atoms with Crippen LogP contribution in [0.4, 0.5) is 5.69 Å². The summed E-state index contributed by atoms with van der Waals surface area (Å²) in [6, 6.07) is 20.5. The lowest BCUT2D eigenvalue weighted by Gasteiger charge is -2.18. The average molecular weight is 401 g/mol. The van der Waals surface area contributed by atoms with Crippen LogP contribution >= 0.6 is 0 Å². The number of anilines is 1. The molecule has 1 atom stereocenters. The summed E-state index contributed by atoms with van der Waals surface area (Å²) in [6.45, 7) is 9.08. The number of benzene rings is 3. The van der Waals surface area contributed by atoms with E-state index >= 15 is 0 Å². The van der Waals surface area contributed by atoms with Crippen molar-refractivity contribution in [3.05, 3.63) is 71.8 Å². The first kappa shape index (κ1) is 20.0. The van der Waals surface area contributed by atoms with Crippen molar-refractivity contribution in [2.24, 2.45) is 0 Å². The minimum atomic E-state index is -0.543. The summed E-state index contributed by atoms with van der Waals surface area (Å²) in [4.78, 5) is 12.9. The summed E-state index contributed by atoms with van der Waals surface area (Å²) in [5.41, 5.74) is 5.42. The topological polar surface area (TPSA) is 43.3 Å². The van der Waals surface area contributed by atoms with E-state index in [0.29, 0.717) is 6.42 Å². The fraction of sp³-hybridized carbons (Fsp3) is 0.269. The van der Waals surface area contributed by atoms with Crippen molar-refractivity contribution in [2.45, 2.75) is 46.8 Å². The zero-order valence-electron chi connectivity index (χ0n) is 18.0. The van der Waals surface area contributed by atoms with E-state index in [-0.39, 0.29) is 5.91 Å². The first-order valence-corrected chi connectivity index (χ1v) is 10.6. The van der Waals surface area contributed by atoms with Crippen LogP contribution in [0.2, 0.25) is 0 Å². The highest BCUT2D eigenvalue weighted by Gasteiger charge is 2.19. The third kappa shape index (κ3) is 3.78. The van der Waals surface area contributed by atoms with Crippen LogP contribution in [-0.4, -0.2) is 16.6 Å². The average Bonchev–Trinajstić information content (AvgIpc) is 3.04. The number of ether oxygens (including phenoxy) is 1. The maximum absolute atomic E-state index is 12.9. The summed E-state index contributed by atoms with van der Waals surface area (Å²) in [5, 5.41) is 5.40. The largest absolute Gasteiger partial charge is 0.481 e. The Morgan fingerprint density at radius 3 is 2.33 bits per heavy atom. The molecule has 0 aliphatic carbocycles. The third-order valence-corrected chi connectivity index (χ3v) is 5.49. The Hall–Kier alpha value is -3.27. The predicted molar refractivity (Wildman–Crippen MR) is 124 cm³/mol. The van der Waals surface area contributed by atoms with E-state index in [0.717, 1.165) is 34.5 Å². The van der Waals surface area contributed by atoms with Crippen LogP contribution in [0.1, 0.15) is 31.4 Å². The van der Waals surface area contributed by atoms with Gasteiger partial charge in [0.1, 0.15) is 5.75 Å². The fourth-order valence-electron chi connectivity index (χ4n) is 4.18. The first-order chi connectivity index (χ1) is 14.5. The Morgan fingerprint density at radius 2 is 1.63 bits per heavy atom. The highest BCUT2D eigenvalue weighted by atomic mass is 16.5. The Balaban J connectivity index is 1.61. The minimum absolute atomic E-state index is 0.129. The lowest BCUT2D eigenvalue weighted by molar-refractivity contribution is -0.122. The van der Waals surface area contributed by atoms with Gasteiger partial charge in [-0.15, -0.1) is 0 Å². The Morgan fingerprint density at radius 1 is 0.933 bits per heavy atom. The van der Waals surface area contributed by atoms with Crippen LogP contribution < -0.4 is 10.1 Å². The number of aryl methyl sites for hydroxylation is 3. The molecule has 0 unspecified atom stereocenters. The van der Waals surface area contributed by atoms with Crippen molar-refractivity contribution in [3.63, 3.8) is 0 Å². The van der Waals surface area contributed by atoms with Gasteiger partial charge in [0.05, 0.1) is 0 Å². The van der Waals surface area contributed by atoms with E-state index in [2.05, 4.69) is 59.3 Å². The molecule has 1 N–H and O–H groups in total. The van der Waals surface area contributed by atoms with Gasteiger partial charge in [0, 0.05) is 34.0 Å². The van der Waals surface area contributed by atoms with E-state index in [1.807, 2.05) is 39.0 Å². The quantitative estimate of drug-likeness (QED) is 0.417. The van der Waals surface area contributed by atoms with Crippen LogP contribution in [0, 0.1) is 13.8 Å². The standard InChI is InChI=1S/C26H28N2O2/c1-5-25(30-20-14-17(3)13-18(4)15-20)26(29)27-19-11-12-24-22(16-19)21-9-7-8-10-23(21)28(24)6-2/h7-16,25H,5-6H2,1-4H3,(H,27,29)/t25-/m1/s1. The van der Waals surface area contributed by atoms with E-state index in [1.165, 1.54) is 16.4 Å². The number of para-hydroxylation sites is 1. The summed E-state index contributed by atoms with van der Waals surface area (Å²) < 4.78 is 8.32. The van der Waals surface area contributed by atoms with Gasteiger partial charge in [0.15, 0.2) is 6.10 Å². The molecule has 0 saturated heterocycles. The van der Waals surface area contributed by atoms with Gasteiger partial charge in [-0.05, 0) is 74.7 Å². The van der Waals surface area contributed by atoms with E-state index < -0.39 is 6.10 Å². The molecule has 1 aromatic heterocycles. The molecule has 4 rings (SSSR count). The monoisotopic (exact) mass is 400 g/mol. The van der Waals surface area contributed by atoms with Gasteiger partial charge in [-0.2, -0.15) is 0 Å². The van der Waals surface area contributed by atoms with Gasteiger partial charge in [0.25, 0.3) is 5.91 Å². The van der Waals surface area contributed by atoms with Crippen LogP contribution in [-0.2, 0) is 11.3 Å². The molecule has 4 heteroatoms. The second kappa shape index (κ2) is 8.23. The van der Waals surface area contributed by atoms with Crippen molar-refractivity contribution in [3.8, 4) is 5.75 Å². The fourth-order valence-corrected chi connectivity index (χ4v) is 4.18. The normalized spacial score (nSPS) is 12.3. The van der Waals surface area contributed by atoms with Crippen LogP contribution in [0.5, 0.6) is 5.75 Å². The number of hydrogen-bond donors (Lipinski definition) is 1. The summed E-state index contributed by atoms with van der Waals surface area (Å²) in [7, 11) is 0. The van der Waals surface area contributed by atoms with Gasteiger partial charge in [-0.3, -0.25) is 4.79 Å². The number of hydrogen-bond acceptors (Lipinski definition) is 2. The molecule has 4 aromatic rings. The molecule has 30 heavy (non-hydrogen) atoms.